The second-order valence-corrected chi connectivity index (χ2v) is 16.0. The van der Waals surface area contributed by atoms with Crippen LogP contribution in [0.5, 0.6) is 0 Å². The van der Waals surface area contributed by atoms with E-state index in [1.807, 2.05) is 0 Å². The molecule has 0 fully saturated rings. The van der Waals surface area contributed by atoms with Gasteiger partial charge in [0.2, 0.25) is 0 Å². The van der Waals surface area contributed by atoms with E-state index in [2.05, 4.69) is 93.7 Å². The first-order valence-electron chi connectivity index (χ1n) is 24.4. The Hall–Kier alpha value is -3.15. The second kappa shape index (κ2) is 47.5. The first-order valence-corrected chi connectivity index (χ1v) is 24.4. The summed E-state index contributed by atoms with van der Waals surface area (Å²) in [6.45, 7) is 6.36. The number of carbonyl (C=O) groups excluding carboxylic acids is 3. The Labute approximate surface area is 363 Å². The van der Waals surface area contributed by atoms with Crippen LogP contribution >= 0.6 is 0 Å². The maximum atomic E-state index is 12.7. The van der Waals surface area contributed by atoms with Gasteiger partial charge in [0.05, 0.1) is 0 Å². The Morgan fingerprint density at radius 2 is 0.661 bits per heavy atom. The van der Waals surface area contributed by atoms with Crippen molar-refractivity contribution in [2.45, 2.75) is 232 Å². The topological polar surface area (TPSA) is 78.9 Å². The predicted octanol–water partition coefficient (Wildman–Crippen LogP) is 15.9. The molecule has 0 amide bonds. The van der Waals surface area contributed by atoms with E-state index in [-0.39, 0.29) is 31.1 Å². The summed E-state index contributed by atoms with van der Waals surface area (Å²) in [5, 5.41) is 0. The van der Waals surface area contributed by atoms with Crippen molar-refractivity contribution in [3.05, 3.63) is 72.9 Å². The molecule has 0 aliphatic carbocycles. The monoisotopic (exact) mass is 823 g/mol. The molecule has 59 heavy (non-hydrogen) atoms. The summed E-state index contributed by atoms with van der Waals surface area (Å²) in [6, 6.07) is 0. The highest BCUT2D eigenvalue weighted by Crippen LogP contribution is 2.14. The normalized spacial score (nSPS) is 12.7. The fourth-order valence-electron chi connectivity index (χ4n) is 6.59. The van der Waals surface area contributed by atoms with Gasteiger partial charge in [-0.05, 0) is 83.5 Å². The maximum Gasteiger partial charge on any atom is 0.306 e. The van der Waals surface area contributed by atoms with Gasteiger partial charge < -0.3 is 14.2 Å². The van der Waals surface area contributed by atoms with Crippen LogP contribution in [0.25, 0.3) is 0 Å². The summed E-state index contributed by atoms with van der Waals surface area (Å²) >= 11 is 0. The molecule has 6 heteroatoms. The Kier molecular flexibility index (Phi) is 45.0. The highest BCUT2D eigenvalue weighted by Gasteiger charge is 2.19. The van der Waals surface area contributed by atoms with Crippen LogP contribution in [-0.2, 0) is 28.6 Å². The van der Waals surface area contributed by atoms with Crippen LogP contribution in [0.4, 0.5) is 0 Å². The smallest absolute Gasteiger partial charge is 0.306 e. The number of esters is 3. The number of hydrogen-bond acceptors (Lipinski definition) is 6. The highest BCUT2D eigenvalue weighted by atomic mass is 16.6. The summed E-state index contributed by atoms with van der Waals surface area (Å²) in [4.78, 5) is 37.9. The summed E-state index contributed by atoms with van der Waals surface area (Å²) in [6.07, 6.45) is 58.8. The molecule has 1 atom stereocenters. The molecular formula is C53H90O6. The van der Waals surface area contributed by atoms with Crippen molar-refractivity contribution in [1.82, 2.24) is 0 Å². The van der Waals surface area contributed by atoms with Crippen molar-refractivity contribution in [2.75, 3.05) is 13.2 Å². The van der Waals surface area contributed by atoms with Gasteiger partial charge in [-0.1, -0.05) is 196 Å². The fraction of sp³-hybridized carbons (Fsp3) is 0.717. The minimum absolute atomic E-state index is 0.0918. The first-order chi connectivity index (χ1) is 29.0. The van der Waals surface area contributed by atoms with Gasteiger partial charge in [0.15, 0.2) is 6.10 Å². The van der Waals surface area contributed by atoms with E-state index >= 15 is 0 Å². The number of hydrogen-bond donors (Lipinski definition) is 0. The molecule has 0 aliphatic rings. The molecule has 0 N–H and O–H groups in total. The molecule has 0 heterocycles. The lowest BCUT2D eigenvalue weighted by Crippen LogP contribution is -2.30. The van der Waals surface area contributed by atoms with E-state index in [9.17, 15) is 14.4 Å². The van der Waals surface area contributed by atoms with Crippen molar-refractivity contribution < 1.29 is 28.6 Å². The first kappa shape index (κ1) is 55.9. The lowest BCUT2D eigenvalue weighted by atomic mass is 10.0. The lowest BCUT2D eigenvalue weighted by molar-refractivity contribution is -0.167. The third-order valence-electron chi connectivity index (χ3n) is 10.2. The number of ether oxygens (including phenoxy) is 3. The SMILES string of the molecule is CC/C=C\C/C=C\C/C=C\CCCCCCCC(=O)OCC(COC(=O)CCCCCCCCCCCCCCC)OC(=O)CCCCC/C=C\C/C=C\C/C=C\CC. The predicted molar refractivity (Wildman–Crippen MR) is 251 cm³/mol. The Morgan fingerprint density at radius 1 is 0.356 bits per heavy atom. The van der Waals surface area contributed by atoms with Crippen molar-refractivity contribution in [3.8, 4) is 0 Å². The van der Waals surface area contributed by atoms with Gasteiger partial charge in [-0.2, -0.15) is 0 Å². The van der Waals surface area contributed by atoms with E-state index in [4.69, 9.17) is 14.2 Å². The van der Waals surface area contributed by atoms with Gasteiger partial charge in [0.25, 0.3) is 0 Å². The zero-order valence-electron chi connectivity index (χ0n) is 38.5. The van der Waals surface area contributed by atoms with Crippen LogP contribution in [0.15, 0.2) is 72.9 Å². The third-order valence-corrected chi connectivity index (χ3v) is 10.2. The molecule has 0 rings (SSSR count). The number of allylic oxidation sites excluding steroid dienone is 12. The minimum atomic E-state index is -0.795. The largest absolute Gasteiger partial charge is 0.462 e. The van der Waals surface area contributed by atoms with Crippen LogP contribution in [0.1, 0.15) is 226 Å². The standard InChI is InChI=1S/C53H90O6/c1-4-7-10-13-16-19-22-25-26-29-31-34-37-40-43-46-52(55)58-49-50(59-53(56)47-44-41-38-35-32-28-24-21-18-15-12-9-6-3)48-57-51(54)45-42-39-36-33-30-27-23-20-17-14-11-8-5-2/h7,9-10,12,16,18-19,21,25-26,28,32,50H,4-6,8,11,13-15,17,20,22-24,27,29-31,33-49H2,1-3H3/b10-7-,12-9-,19-16-,21-18-,26-25-,32-28-. The van der Waals surface area contributed by atoms with Crippen molar-refractivity contribution >= 4 is 17.9 Å². The fourth-order valence-corrected chi connectivity index (χ4v) is 6.59. The molecule has 0 saturated heterocycles. The van der Waals surface area contributed by atoms with Gasteiger partial charge >= 0.3 is 17.9 Å². The summed E-state index contributed by atoms with van der Waals surface area (Å²) < 4.78 is 16.7. The van der Waals surface area contributed by atoms with Crippen LogP contribution in [0.3, 0.4) is 0 Å². The molecule has 0 aromatic heterocycles. The van der Waals surface area contributed by atoms with Crippen LogP contribution in [0.2, 0.25) is 0 Å². The zero-order chi connectivity index (χ0) is 43.0. The average molecular weight is 823 g/mol. The highest BCUT2D eigenvalue weighted by molar-refractivity contribution is 5.71. The van der Waals surface area contributed by atoms with Crippen LogP contribution < -0.4 is 0 Å². The lowest BCUT2D eigenvalue weighted by Gasteiger charge is -2.18. The van der Waals surface area contributed by atoms with Crippen LogP contribution in [-0.4, -0.2) is 37.2 Å². The number of unbranched alkanes of at least 4 members (excludes halogenated alkanes) is 20. The Morgan fingerprint density at radius 3 is 1.05 bits per heavy atom. The quantitative estimate of drug-likeness (QED) is 0.0264. The zero-order valence-corrected chi connectivity index (χ0v) is 38.5. The molecule has 1 unspecified atom stereocenters. The molecule has 0 radical (unpaired) electrons. The second-order valence-electron chi connectivity index (χ2n) is 16.0. The molecule has 0 aromatic rings. The van der Waals surface area contributed by atoms with Gasteiger partial charge in [0.1, 0.15) is 13.2 Å². The minimum Gasteiger partial charge on any atom is -0.462 e. The van der Waals surface area contributed by atoms with Gasteiger partial charge in [-0.25, -0.2) is 0 Å². The molecule has 6 nitrogen and oxygen atoms in total. The van der Waals surface area contributed by atoms with Crippen molar-refractivity contribution in [2.24, 2.45) is 0 Å². The molecule has 338 valence electrons. The summed E-state index contributed by atoms with van der Waals surface area (Å²) in [5.74, 6) is -0.940. The van der Waals surface area contributed by atoms with Crippen molar-refractivity contribution in [3.63, 3.8) is 0 Å². The van der Waals surface area contributed by atoms with Gasteiger partial charge in [-0.3, -0.25) is 14.4 Å². The molecule has 0 bridgehead atoms. The molecule has 0 aromatic carbocycles. The molecule has 0 aliphatic heterocycles. The van der Waals surface area contributed by atoms with E-state index in [1.54, 1.807) is 0 Å². The van der Waals surface area contributed by atoms with Gasteiger partial charge in [0, 0.05) is 19.3 Å². The van der Waals surface area contributed by atoms with Crippen molar-refractivity contribution in [1.29, 1.82) is 0 Å². The Bertz CT molecular complexity index is 1130. The van der Waals surface area contributed by atoms with Gasteiger partial charge in [-0.15, -0.1) is 0 Å². The number of rotatable bonds is 43. The molecular weight excluding hydrogens is 733 g/mol. The van der Waals surface area contributed by atoms with E-state index in [0.29, 0.717) is 19.3 Å². The average Bonchev–Trinajstić information content (AvgIpc) is 3.23. The third kappa shape index (κ3) is 45.8. The molecule has 0 saturated carbocycles. The van der Waals surface area contributed by atoms with E-state index in [0.717, 1.165) is 122 Å². The van der Waals surface area contributed by atoms with E-state index in [1.165, 1.54) is 64.2 Å². The van der Waals surface area contributed by atoms with E-state index < -0.39 is 6.10 Å². The number of carbonyl (C=O) groups is 3. The summed E-state index contributed by atoms with van der Waals surface area (Å²) in [5.41, 5.74) is 0. The maximum absolute atomic E-state index is 12.7. The Balaban J connectivity index is 4.44. The summed E-state index contributed by atoms with van der Waals surface area (Å²) in [7, 11) is 0. The van der Waals surface area contributed by atoms with Crippen LogP contribution in [0, 0.1) is 0 Å². The molecule has 0 spiro atoms.